The minimum absolute atomic E-state index is 0. The van der Waals surface area contributed by atoms with Crippen molar-refractivity contribution in [3.8, 4) is 0 Å². The van der Waals surface area contributed by atoms with E-state index < -0.39 is 0 Å². The van der Waals surface area contributed by atoms with E-state index in [0.29, 0.717) is 0 Å². The zero-order valence-electron chi connectivity index (χ0n) is 16.1. The first-order valence-corrected chi connectivity index (χ1v) is 9.89. The van der Waals surface area contributed by atoms with Gasteiger partial charge in [0.1, 0.15) is 0 Å². The van der Waals surface area contributed by atoms with Crippen LogP contribution < -0.4 is 20.0 Å². The molecule has 29 heavy (non-hydrogen) atoms. The largest absolute Gasteiger partial charge is 4.00 e. The molecule has 0 amide bonds. The predicted octanol–water partition coefficient (Wildman–Crippen LogP) is 0.0606. The Balaban J connectivity index is 0.000000302. The van der Waals surface area contributed by atoms with Crippen LogP contribution in [0.4, 0.5) is 0 Å². The van der Waals surface area contributed by atoms with E-state index in [1.807, 2.05) is 0 Å². The summed E-state index contributed by atoms with van der Waals surface area (Å²) in [7, 11) is 0.754. The Kier molecular flexibility index (Phi) is 10.1. The Hall–Kier alpha value is -2.12. The second-order valence-corrected chi connectivity index (χ2v) is 7.76. The van der Waals surface area contributed by atoms with Crippen molar-refractivity contribution in [2.45, 2.75) is 6.92 Å². The molecule has 0 spiro atoms. The van der Waals surface area contributed by atoms with E-state index in [4.69, 9.17) is 0 Å². The minimum Gasteiger partial charge on any atom is -1.00 e. The van der Waals surface area contributed by atoms with E-state index in [-0.39, 0.29) is 31.1 Å². The number of halogens is 2. The Bertz CT molecular complexity index is 1100. The van der Waals surface area contributed by atoms with Crippen molar-refractivity contribution in [2.24, 2.45) is 0 Å². The van der Waals surface area contributed by atoms with E-state index in [1.54, 1.807) is 0 Å². The molecule has 144 valence electrons. The molecule has 0 aliphatic carbocycles. The van der Waals surface area contributed by atoms with Crippen LogP contribution in [0.15, 0.2) is 103 Å². The molecule has 0 aromatic heterocycles. The number of hydrogen-bond donors (Lipinski definition) is 0. The monoisotopic (exact) mass is 438 g/mol. The second kappa shape index (κ2) is 11.8. The van der Waals surface area contributed by atoms with Crippen molar-refractivity contribution < 1.29 is 31.1 Å². The molecule has 4 heteroatoms. The first-order chi connectivity index (χ1) is 12.8. The number of aryl methyl sites for hydroxylation is 1. The number of rotatable bonds is 2. The van der Waals surface area contributed by atoms with Gasteiger partial charge >= 0.3 is 21.7 Å². The van der Waals surface area contributed by atoms with Crippen molar-refractivity contribution in [3.05, 3.63) is 109 Å². The van der Waals surface area contributed by atoms with Crippen LogP contribution >= 0.6 is 8.58 Å². The number of benzene rings is 3. The molecule has 0 nitrogen and oxygen atoms in total. The molecule has 0 aliphatic heterocycles. The van der Waals surface area contributed by atoms with Crippen LogP contribution in [0.5, 0.6) is 0 Å². The maximum atomic E-state index is 2.29. The standard InChI is InChI=1S/C16H14P.C9H7.2FH.Ti/c1-12-11-13-7-5-6-10-15(13)16(12)17-14-8-3-2-4-9-14;1-2-5-9-7-3-6-8(9)4-1;;;/h2-11,17H,1H3;1-7H;2*1H;/q2*-1;;;+4/p-2. The summed E-state index contributed by atoms with van der Waals surface area (Å²) in [4.78, 5) is 0. The van der Waals surface area contributed by atoms with E-state index in [2.05, 4.69) is 110 Å². The van der Waals surface area contributed by atoms with Crippen LogP contribution in [0.25, 0.3) is 21.5 Å². The van der Waals surface area contributed by atoms with Crippen molar-refractivity contribution in [3.63, 3.8) is 0 Å². The van der Waals surface area contributed by atoms with Gasteiger partial charge < -0.3 is 9.41 Å². The Labute approximate surface area is 187 Å². The van der Waals surface area contributed by atoms with Gasteiger partial charge in [-0.2, -0.15) is 17.5 Å². The van der Waals surface area contributed by atoms with Gasteiger partial charge in [0.15, 0.2) is 0 Å². The summed E-state index contributed by atoms with van der Waals surface area (Å²) in [6.45, 7) is 2.21. The van der Waals surface area contributed by atoms with Gasteiger partial charge in [-0.1, -0.05) is 49.4 Å². The summed E-state index contributed by atoms with van der Waals surface area (Å²) in [6, 6.07) is 36.3. The summed E-state index contributed by atoms with van der Waals surface area (Å²) in [6.07, 6.45) is 0. The van der Waals surface area contributed by atoms with Crippen LogP contribution in [0.1, 0.15) is 5.56 Å². The third kappa shape index (κ3) is 5.93. The van der Waals surface area contributed by atoms with Gasteiger partial charge in [-0.25, -0.2) is 0 Å². The van der Waals surface area contributed by atoms with Crippen LogP contribution in [0.2, 0.25) is 0 Å². The first kappa shape index (κ1) is 24.9. The Morgan fingerprint density at radius 3 is 2.03 bits per heavy atom. The molecule has 1 unspecified atom stereocenters. The summed E-state index contributed by atoms with van der Waals surface area (Å²) in [5.41, 5.74) is 1.41. The van der Waals surface area contributed by atoms with Gasteiger partial charge in [0, 0.05) is 0 Å². The minimum atomic E-state index is 0. The topological polar surface area (TPSA) is 0 Å². The zero-order valence-corrected chi connectivity index (χ0v) is 18.6. The summed E-state index contributed by atoms with van der Waals surface area (Å²) in [5.74, 6) is 0. The van der Waals surface area contributed by atoms with E-state index in [9.17, 15) is 0 Å². The molecule has 0 saturated heterocycles. The number of fused-ring (bicyclic) bond motifs is 2. The molecule has 0 N–H and O–H groups in total. The predicted molar refractivity (Wildman–Crippen MR) is 118 cm³/mol. The molecule has 5 aromatic carbocycles. The van der Waals surface area contributed by atoms with Gasteiger partial charge in [-0.15, -0.1) is 84.1 Å². The zero-order chi connectivity index (χ0) is 17.8. The van der Waals surface area contributed by atoms with Crippen molar-refractivity contribution in [1.82, 2.24) is 0 Å². The van der Waals surface area contributed by atoms with Crippen molar-refractivity contribution in [2.75, 3.05) is 0 Å². The fourth-order valence-corrected chi connectivity index (χ4v) is 4.55. The van der Waals surface area contributed by atoms with Gasteiger partial charge in [-0.3, -0.25) is 0 Å². The normalized spacial score (nSPS) is 9.97. The van der Waals surface area contributed by atoms with Crippen LogP contribution in [-0.4, -0.2) is 0 Å². The smallest absolute Gasteiger partial charge is 1.00 e. The maximum absolute atomic E-state index is 2.29. The van der Waals surface area contributed by atoms with Gasteiger partial charge in [0.2, 0.25) is 0 Å². The Morgan fingerprint density at radius 1 is 0.690 bits per heavy atom. The summed E-state index contributed by atoms with van der Waals surface area (Å²) in [5, 5.41) is 8.34. The van der Waals surface area contributed by atoms with Gasteiger partial charge in [-0.05, 0) is 5.30 Å². The fraction of sp³-hybridized carbons (Fsp3) is 0.0400. The van der Waals surface area contributed by atoms with Crippen LogP contribution in [0, 0.1) is 6.92 Å². The van der Waals surface area contributed by atoms with E-state index >= 15 is 0 Å². The number of hydrogen-bond acceptors (Lipinski definition) is 0. The summed E-state index contributed by atoms with van der Waals surface area (Å²) < 4.78 is 0. The molecule has 0 aliphatic rings. The molecule has 5 rings (SSSR count). The third-order valence-corrected chi connectivity index (χ3v) is 6.12. The first-order valence-electron chi connectivity index (χ1n) is 8.89. The average molecular weight is 438 g/mol. The van der Waals surface area contributed by atoms with Crippen LogP contribution in [-0.2, 0) is 21.7 Å². The van der Waals surface area contributed by atoms with Gasteiger partial charge in [0.25, 0.3) is 0 Å². The van der Waals surface area contributed by atoms with Crippen LogP contribution in [0.3, 0.4) is 0 Å². The maximum Gasteiger partial charge on any atom is 4.00 e. The summed E-state index contributed by atoms with van der Waals surface area (Å²) >= 11 is 0. The average Bonchev–Trinajstić information content (AvgIpc) is 3.28. The molecule has 0 heterocycles. The van der Waals surface area contributed by atoms with Gasteiger partial charge in [0.05, 0.1) is 0 Å². The second-order valence-electron chi connectivity index (χ2n) is 6.44. The fourth-order valence-electron chi connectivity index (χ4n) is 3.27. The third-order valence-electron chi connectivity index (χ3n) is 4.59. The molecule has 0 bridgehead atoms. The molecular weight excluding hydrogens is 417 g/mol. The molecule has 1 atom stereocenters. The quantitative estimate of drug-likeness (QED) is 0.208. The van der Waals surface area contributed by atoms with Crippen molar-refractivity contribution in [1.29, 1.82) is 0 Å². The molecule has 0 radical (unpaired) electrons. The SMILES string of the molecule is Cc1[cH-]c2ccccc2c1Pc1ccccc1.[F-].[F-].[Ti+4].c1ccc2[cH-]ccc2c1. The Morgan fingerprint density at radius 2 is 1.31 bits per heavy atom. The van der Waals surface area contributed by atoms with E-state index in [1.165, 1.54) is 37.7 Å². The molecule has 5 aromatic rings. The molecular formula is C25H21F2PTi. The van der Waals surface area contributed by atoms with E-state index in [0.717, 1.165) is 8.58 Å². The molecule has 0 saturated carbocycles. The van der Waals surface area contributed by atoms with Crippen molar-refractivity contribution >= 4 is 40.7 Å². The molecule has 0 fully saturated rings.